The molecule has 5 unspecified atom stereocenters. The van der Waals surface area contributed by atoms with Gasteiger partial charge in [-0.3, -0.25) is 14.4 Å². The normalized spacial score (nSPS) is 15.8. The molecule has 0 saturated heterocycles. The zero-order valence-corrected chi connectivity index (χ0v) is 25.0. The zero-order valence-electron chi connectivity index (χ0n) is 25.0. The molecule has 0 aliphatic carbocycles. The highest BCUT2D eigenvalue weighted by Crippen LogP contribution is 2.13. The summed E-state index contributed by atoms with van der Waals surface area (Å²) in [5.74, 6) is -4.96. The Hall–Kier alpha value is -3.87. The number of aliphatic hydroxyl groups excluding tert-OH is 4. The monoisotopic (exact) mass is 643 g/mol. The number of carbonyl (C=O) groups is 5. The van der Waals surface area contributed by atoms with Gasteiger partial charge >= 0.3 is 11.9 Å². The number of carboxylic acids is 1. The van der Waals surface area contributed by atoms with Gasteiger partial charge in [0.2, 0.25) is 11.8 Å². The van der Waals surface area contributed by atoms with E-state index in [2.05, 4.69) is 16.0 Å². The van der Waals surface area contributed by atoms with E-state index in [1.54, 1.807) is 12.1 Å². The Morgan fingerprint density at radius 2 is 1.38 bits per heavy atom. The van der Waals surface area contributed by atoms with E-state index < -0.39 is 72.2 Å². The molecule has 45 heavy (non-hydrogen) atoms. The van der Waals surface area contributed by atoms with E-state index in [-0.39, 0.29) is 38.0 Å². The van der Waals surface area contributed by atoms with Crippen LogP contribution in [0.4, 0.5) is 0 Å². The Labute approximate surface area is 259 Å². The molecule has 0 aliphatic rings. The van der Waals surface area contributed by atoms with Crippen molar-refractivity contribution in [2.75, 3.05) is 20.2 Å². The van der Waals surface area contributed by atoms with E-state index >= 15 is 0 Å². The lowest BCUT2D eigenvalue weighted by atomic mass is 10.0. The van der Waals surface area contributed by atoms with E-state index in [1.807, 2.05) is 0 Å². The summed E-state index contributed by atoms with van der Waals surface area (Å²) in [7, 11) is 1.19. The van der Waals surface area contributed by atoms with E-state index in [9.17, 15) is 49.5 Å². The molecule has 254 valence electrons. The first-order valence-electron chi connectivity index (χ1n) is 14.4. The minimum absolute atomic E-state index is 0.00734. The summed E-state index contributed by atoms with van der Waals surface area (Å²) < 4.78 is 4.79. The molecule has 0 aromatic heterocycles. The van der Waals surface area contributed by atoms with Gasteiger partial charge in [-0.1, -0.05) is 12.1 Å². The van der Waals surface area contributed by atoms with E-state index in [4.69, 9.17) is 21.3 Å². The van der Waals surface area contributed by atoms with Crippen LogP contribution in [0.3, 0.4) is 0 Å². The second-order valence-corrected chi connectivity index (χ2v) is 10.4. The number of carbonyl (C=O) groups excluding carboxylic acids is 4. The van der Waals surface area contributed by atoms with E-state index in [0.29, 0.717) is 31.4 Å². The van der Waals surface area contributed by atoms with Crippen LogP contribution in [0.25, 0.3) is 0 Å². The topological polar surface area (TPSA) is 304 Å². The molecule has 0 heterocycles. The second kappa shape index (κ2) is 20.2. The third-order valence-corrected chi connectivity index (χ3v) is 6.85. The number of phenolic OH excluding ortho intramolecular Hbond substituents is 1. The summed E-state index contributed by atoms with van der Waals surface area (Å²) in [5, 5.41) is 64.2. The summed E-state index contributed by atoms with van der Waals surface area (Å²) in [6.45, 7) is 0.361. The van der Waals surface area contributed by atoms with Crippen molar-refractivity contribution in [3.63, 3.8) is 0 Å². The summed E-state index contributed by atoms with van der Waals surface area (Å²) in [5.41, 5.74) is 12.1. The molecular weight excluding hydrogens is 598 g/mol. The number of phenols is 1. The number of benzene rings is 1. The number of nitrogens with one attached hydrogen (secondary N) is 3. The lowest BCUT2D eigenvalue weighted by Crippen LogP contribution is -2.55. The molecule has 0 radical (unpaired) electrons. The summed E-state index contributed by atoms with van der Waals surface area (Å²) in [6, 6.07) is 2.79. The van der Waals surface area contributed by atoms with Crippen molar-refractivity contribution in [3.8, 4) is 5.75 Å². The molecule has 17 heteroatoms. The average molecular weight is 644 g/mol. The Kier molecular flexibility index (Phi) is 17.6. The maximum atomic E-state index is 13.2. The van der Waals surface area contributed by atoms with Crippen LogP contribution in [-0.4, -0.2) is 123 Å². The number of amides is 3. The van der Waals surface area contributed by atoms with Crippen molar-refractivity contribution in [3.05, 3.63) is 29.8 Å². The first-order chi connectivity index (χ1) is 21.2. The zero-order chi connectivity index (χ0) is 34.1. The van der Waals surface area contributed by atoms with Crippen LogP contribution in [0.2, 0.25) is 0 Å². The highest BCUT2D eigenvalue weighted by Gasteiger charge is 2.37. The third kappa shape index (κ3) is 13.8. The Bertz CT molecular complexity index is 1110. The van der Waals surface area contributed by atoms with Crippen molar-refractivity contribution in [1.82, 2.24) is 16.0 Å². The highest BCUT2D eigenvalue weighted by molar-refractivity contribution is 5.92. The van der Waals surface area contributed by atoms with Gasteiger partial charge < -0.3 is 62.8 Å². The standard InChI is InChI=1S/C28H45N5O12/c1-45-28(44)18(7-2-4-12-29)32-25(40)19(14-15-8-10-16(34)11-9-15)33-24(39)17(30)6-3-5-13-31-26(41)22(37)20(35)21(36)23(38)27(42)43/h8-11,17-23,34-38H,2-7,12-14,29-30H2,1H3,(H,31,41)(H,32,40)(H,33,39)(H,42,43)/t17-,18?,19-,20?,21?,22?,23?/m0/s1. The largest absolute Gasteiger partial charge is 0.508 e. The van der Waals surface area contributed by atoms with Crippen molar-refractivity contribution in [2.45, 2.75) is 87.5 Å². The molecule has 0 spiro atoms. The van der Waals surface area contributed by atoms with Crippen molar-refractivity contribution in [1.29, 1.82) is 0 Å². The van der Waals surface area contributed by atoms with Crippen molar-refractivity contribution in [2.24, 2.45) is 11.5 Å². The second-order valence-electron chi connectivity index (χ2n) is 10.4. The smallest absolute Gasteiger partial charge is 0.335 e. The van der Waals surface area contributed by atoms with E-state index in [1.165, 1.54) is 19.2 Å². The molecule has 0 saturated carbocycles. The summed E-state index contributed by atoms with van der Waals surface area (Å²) in [6.07, 6.45) is -7.10. The number of aromatic hydroxyl groups is 1. The van der Waals surface area contributed by atoms with Crippen LogP contribution < -0.4 is 27.4 Å². The maximum absolute atomic E-state index is 13.2. The number of hydrogen-bond donors (Lipinski definition) is 11. The fourth-order valence-electron chi connectivity index (χ4n) is 4.12. The first-order valence-corrected chi connectivity index (χ1v) is 14.4. The van der Waals surface area contributed by atoms with Crippen LogP contribution in [0.1, 0.15) is 44.1 Å². The maximum Gasteiger partial charge on any atom is 0.335 e. The fourth-order valence-corrected chi connectivity index (χ4v) is 4.12. The van der Waals surface area contributed by atoms with Crippen LogP contribution >= 0.6 is 0 Å². The van der Waals surface area contributed by atoms with Gasteiger partial charge in [-0.05, 0) is 62.8 Å². The van der Waals surface area contributed by atoms with Gasteiger partial charge in [0.25, 0.3) is 5.91 Å². The average Bonchev–Trinajstić information content (AvgIpc) is 3.02. The van der Waals surface area contributed by atoms with Gasteiger partial charge in [0.05, 0.1) is 13.2 Å². The Balaban J connectivity index is 2.73. The number of methoxy groups -OCH3 is 1. The molecule has 1 aromatic carbocycles. The minimum atomic E-state index is -2.42. The van der Waals surface area contributed by atoms with Gasteiger partial charge in [-0.2, -0.15) is 0 Å². The number of rotatable bonds is 21. The number of nitrogens with two attached hydrogens (primary N) is 2. The minimum Gasteiger partial charge on any atom is -0.508 e. The highest BCUT2D eigenvalue weighted by atomic mass is 16.5. The number of ether oxygens (including phenoxy) is 1. The van der Waals surface area contributed by atoms with Gasteiger partial charge in [0, 0.05) is 13.0 Å². The molecule has 0 fully saturated rings. The van der Waals surface area contributed by atoms with Crippen LogP contribution in [-0.2, 0) is 35.1 Å². The predicted molar refractivity (Wildman–Crippen MR) is 157 cm³/mol. The summed E-state index contributed by atoms with van der Waals surface area (Å²) in [4.78, 5) is 61.1. The summed E-state index contributed by atoms with van der Waals surface area (Å²) >= 11 is 0. The first kappa shape index (κ1) is 39.2. The Morgan fingerprint density at radius 3 is 1.96 bits per heavy atom. The number of unbranched alkanes of at least 4 members (excludes halogenated alkanes) is 2. The number of carboxylic acid groups (broad SMARTS) is 1. The van der Waals surface area contributed by atoms with Crippen LogP contribution in [0, 0.1) is 0 Å². The van der Waals surface area contributed by atoms with Crippen molar-refractivity contribution < 1.29 is 59.3 Å². The van der Waals surface area contributed by atoms with Gasteiger partial charge in [0.1, 0.15) is 30.0 Å². The van der Waals surface area contributed by atoms with Crippen LogP contribution in [0.5, 0.6) is 5.75 Å². The number of aliphatic hydroxyl groups is 4. The molecule has 1 rings (SSSR count). The third-order valence-electron chi connectivity index (χ3n) is 6.85. The van der Waals surface area contributed by atoms with E-state index in [0.717, 1.165) is 0 Å². The molecule has 7 atom stereocenters. The van der Waals surface area contributed by atoms with Crippen LogP contribution in [0.15, 0.2) is 24.3 Å². The van der Waals surface area contributed by atoms with Crippen molar-refractivity contribution >= 4 is 29.7 Å². The number of aliphatic carboxylic acids is 1. The quantitative estimate of drug-likeness (QED) is 0.0455. The SMILES string of the molecule is COC(=O)C(CCCCN)NC(=O)[C@H](Cc1ccc(O)cc1)NC(=O)[C@@H](N)CCCCNC(=O)C(O)C(O)C(O)C(O)C(=O)O. The molecular formula is C28H45N5O12. The van der Waals surface area contributed by atoms with Gasteiger partial charge in [-0.15, -0.1) is 0 Å². The van der Waals surface area contributed by atoms with Gasteiger partial charge in [0.15, 0.2) is 12.2 Å². The number of hydrogen-bond acceptors (Lipinski definition) is 13. The predicted octanol–water partition coefficient (Wildman–Crippen LogP) is -3.65. The molecule has 17 nitrogen and oxygen atoms in total. The molecule has 13 N–H and O–H groups in total. The fraction of sp³-hybridized carbons (Fsp3) is 0.607. The lowest BCUT2D eigenvalue weighted by molar-refractivity contribution is -0.166. The molecule has 0 aliphatic heterocycles. The molecule has 3 amide bonds. The molecule has 1 aromatic rings. The lowest BCUT2D eigenvalue weighted by Gasteiger charge is -2.24. The Morgan fingerprint density at radius 1 is 0.800 bits per heavy atom. The number of esters is 1. The molecule has 0 bridgehead atoms. The van der Waals surface area contributed by atoms with Gasteiger partial charge in [-0.25, -0.2) is 9.59 Å².